The van der Waals surface area contributed by atoms with Crippen LogP contribution >= 0.6 is 11.8 Å². The van der Waals surface area contributed by atoms with Crippen LogP contribution in [0.4, 0.5) is 5.69 Å². The summed E-state index contributed by atoms with van der Waals surface area (Å²) in [7, 11) is 0. The maximum atomic E-state index is 10.9. The van der Waals surface area contributed by atoms with Gasteiger partial charge in [-0.3, -0.25) is 10.1 Å². The van der Waals surface area contributed by atoms with Crippen LogP contribution in [0.5, 0.6) is 0 Å². The molecule has 3 rings (SSSR count). The molecule has 2 aromatic carbocycles. The number of aromatic nitrogens is 3. The second kappa shape index (κ2) is 9.50. The van der Waals surface area contributed by atoms with Crippen LogP contribution in [0.3, 0.4) is 0 Å². The molecule has 0 aliphatic heterocycles. The molecular weight excluding hydrogens is 372 g/mol. The van der Waals surface area contributed by atoms with E-state index in [0.29, 0.717) is 6.54 Å². The maximum absolute atomic E-state index is 10.9. The van der Waals surface area contributed by atoms with Gasteiger partial charge in [-0.25, -0.2) is 0 Å². The van der Waals surface area contributed by atoms with Crippen molar-refractivity contribution in [3.63, 3.8) is 0 Å². The van der Waals surface area contributed by atoms with E-state index in [1.54, 1.807) is 36.0 Å². The van der Waals surface area contributed by atoms with Crippen molar-refractivity contribution in [2.75, 3.05) is 0 Å². The highest BCUT2D eigenvalue weighted by Gasteiger charge is 2.14. The first-order chi connectivity index (χ1) is 13.6. The van der Waals surface area contributed by atoms with E-state index < -0.39 is 0 Å². The third-order valence-corrected chi connectivity index (χ3v) is 5.67. The Hall–Kier alpha value is -2.67. The third-order valence-electron chi connectivity index (χ3n) is 4.65. The van der Waals surface area contributed by atoms with Gasteiger partial charge in [-0.05, 0) is 30.0 Å². The Morgan fingerprint density at radius 1 is 1.11 bits per heavy atom. The second-order valence-electron chi connectivity index (χ2n) is 6.73. The molecule has 1 heterocycles. The minimum absolute atomic E-state index is 0.105. The van der Waals surface area contributed by atoms with E-state index in [4.69, 9.17) is 0 Å². The first kappa shape index (κ1) is 20.1. The number of nitro groups is 1. The van der Waals surface area contributed by atoms with Crippen LogP contribution in [0.15, 0.2) is 53.7 Å². The van der Waals surface area contributed by atoms with E-state index in [-0.39, 0.29) is 10.6 Å². The normalized spacial score (nSPS) is 10.9. The number of rotatable bonds is 9. The molecular formula is C21H24N4O2S. The number of nitrogens with zero attached hydrogens (tertiary/aromatic N) is 4. The van der Waals surface area contributed by atoms with Crippen molar-refractivity contribution in [1.82, 2.24) is 14.8 Å². The number of hydrogen-bond donors (Lipinski definition) is 0. The SMILES string of the molecule is CCCCc1nnc(SCc2ccccc2C)n1Cc1ccc([N+](=O)[O-])cc1. The van der Waals surface area contributed by atoms with Gasteiger partial charge in [-0.2, -0.15) is 0 Å². The van der Waals surface area contributed by atoms with Crippen LogP contribution in [0, 0.1) is 17.0 Å². The Balaban J connectivity index is 1.81. The summed E-state index contributed by atoms with van der Waals surface area (Å²) in [6, 6.07) is 15.0. The van der Waals surface area contributed by atoms with Crippen molar-refractivity contribution in [2.24, 2.45) is 0 Å². The van der Waals surface area contributed by atoms with Crippen molar-refractivity contribution >= 4 is 17.4 Å². The van der Waals surface area contributed by atoms with Crippen LogP contribution < -0.4 is 0 Å². The molecule has 0 saturated heterocycles. The van der Waals surface area contributed by atoms with Crippen molar-refractivity contribution in [3.05, 3.63) is 81.2 Å². The van der Waals surface area contributed by atoms with Crippen molar-refractivity contribution in [2.45, 2.75) is 50.6 Å². The molecule has 0 aliphatic carbocycles. The largest absolute Gasteiger partial charge is 0.302 e. The number of unbranched alkanes of at least 4 members (excludes halogenated alkanes) is 1. The third kappa shape index (κ3) is 4.98. The van der Waals surface area contributed by atoms with Gasteiger partial charge in [0.25, 0.3) is 5.69 Å². The van der Waals surface area contributed by atoms with E-state index in [9.17, 15) is 10.1 Å². The van der Waals surface area contributed by atoms with E-state index in [1.807, 2.05) is 6.07 Å². The van der Waals surface area contributed by atoms with Gasteiger partial charge in [0.15, 0.2) is 5.16 Å². The summed E-state index contributed by atoms with van der Waals surface area (Å²) in [5.41, 5.74) is 3.66. The topological polar surface area (TPSA) is 73.8 Å². The van der Waals surface area contributed by atoms with Gasteiger partial charge >= 0.3 is 0 Å². The molecule has 0 radical (unpaired) electrons. The van der Waals surface area contributed by atoms with Crippen LogP contribution in [0.25, 0.3) is 0 Å². The summed E-state index contributed by atoms with van der Waals surface area (Å²) in [6.45, 7) is 4.88. The predicted octanol–water partition coefficient (Wildman–Crippen LogP) is 5.18. The first-order valence-corrected chi connectivity index (χ1v) is 10.4. The number of thioether (sulfide) groups is 1. The lowest BCUT2D eigenvalue weighted by Crippen LogP contribution is -2.07. The molecule has 0 unspecified atom stereocenters. The molecule has 0 atom stereocenters. The highest BCUT2D eigenvalue weighted by Crippen LogP contribution is 2.25. The Kier molecular flexibility index (Phi) is 6.81. The molecule has 0 aliphatic rings. The fraction of sp³-hybridized carbons (Fsp3) is 0.333. The molecule has 0 spiro atoms. The zero-order chi connectivity index (χ0) is 19.9. The minimum Gasteiger partial charge on any atom is -0.302 e. The molecule has 0 saturated carbocycles. The molecule has 1 aromatic heterocycles. The van der Waals surface area contributed by atoms with Crippen molar-refractivity contribution in [3.8, 4) is 0 Å². The highest BCUT2D eigenvalue weighted by atomic mass is 32.2. The van der Waals surface area contributed by atoms with E-state index in [2.05, 4.69) is 46.8 Å². The molecule has 3 aromatic rings. The lowest BCUT2D eigenvalue weighted by atomic mass is 10.1. The molecule has 0 N–H and O–H groups in total. The summed E-state index contributed by atoms with van der Waals surface area (Å²) in [4.78, 5) is 10.5. The summed E-state index contributed by atoms with van der Waals surface area (Å²) < 4.78 is 2.14. The standard InChI is InChI=1S/C21H24N4O2S/c1-3-4-9-20-22-23-21(28-15-18-8-6-5-7-16(18)2)24(20)14-17-10-12-19(13-11-17)25(26)27/h5-8,10-13H,3-4,9,14-15H2,1-2H3. The van der Waals surface area contributed by atoms with Crippen molar-refractivity contribution < 1.29 is 4.92 Å². The number of non-ortho nitro benzene ring substituents is 1. The summed E-state index contributed by atoms with van der Waals surface area (Å²) in [5.74, 6) is 1.80. The van der Waals surface area contributed by atoms with Gasteiger partial charge < -0.3 is 4.57 Å². The van der Waals surface area contributed by atoms with Crippen LogP contribution in [0.1, 0.15) is 42.3 Å². The molecule has 0 amide bonds. The van der Waals surface area contributed by atoms with Gasteiger partial charge in [0, 0.05) is 24.3 Å². The Morgan fingerprint density at radius 3 is 2.54 bits per heavy atom. The van der Waals surface area contributed by atoms with Gasteiger partial charge in [-0.15, -0.1) is 10.2 Å². The number of hydrogen-bond acceptors (Lipinski definition) is 5. The molecule has 146 valence electrons. The predicted molar refractivity (Wildman–Crippen MR) is 112 cm³/mol. The first-order valence-electron chi connectivity index (χ1n) is 9.41. The summed E-state index contributed by atoms with van der Waals surface area (Å²) in [6.07, 6.45) is 3.03. The molecule has 28 heavy (non-hydrogen) atoms. The molecule has 0 bridgehead atoms. The molecule has 0 fully saturated rings. The zero-order valence-corrected chi connectivity index (χ0v) is 17.0. The van der Waals surface area contributed by atoms with Crippen LogP contribution in [0.2, 0.25) is 0 Å². The number of aryl methyl sites for hydroxylation is 2. The average Bonchev–Trinajstić information content (AvgIpc) is 3.07. The smallest absolute Gasteiger partial charge is 0.269 e. The fourth-order valence-electron chi connectivity index (χ4n) is 2.92. The maximum Gasteiger partial charge on any atom is 0.269 e. The highest BCUT2D eigenvalue weighted by molar-refractivity contribution is 7.98. The Labute approximate surface area is 169 Å². The average molecular weight is 397 g/mol. The molecule has 6 nitrogen and oxygen atoms in total. The summed E-state index contributed by atoms with van der Waals surface area (Å²) in [5, 5.41) is 20.6. The van der Waals surface area contributed by atoms with Crippen molar-refractivity contribution in [1.29, 1.82) is 0 Å². The fourth-order valence-corrected chi connectivity index (χ4v) is 3.96. The van der Waals surface area contributed by atoms with E-state index in [0.717, 1.165) is 41.6 Å². The van der Waals surface area contributed by atoms with Gasteiger partial charge in [-0.1, -0.05) is 61.5 Å². The zero-order valence-electron chi connectivity index (χ0n) is 16.2. The number of benzene rings is 2. The van der Waals surface area contributed by atoms with Crippen LogP contribution in [-0.2, 0) is 18.7 Å². The second-order valence-corrected chi connectivity index (χ2v) is 7.67. The van der Waals surface area contributed by atoms with E-state index in [1.165, 1.54) is 11.1 Å². The lowest BCUT2D eigenvalue weighted by Gasteiger charge is -2.11. The summed E-state index contributed by atoms with van der Waals surface area (Å²) >= 11 is 1.68. The van der Waals surface area contributed by atoms with Gasteiger partial charge in [0.1, 0.15) is 5.82 Å². The van der Waals surface area contributed by atoms with Gasteiger partial charge in [0.05, 0.1) is 11.5 Å². The van der Waals surface area contributed by atoms with Gasteiger partial charge in [0.2, 0.25) is 0 Å². The lowest BCUT2D eigenvalue weighted by molar-refractivity contribution is -0.384. The number of nitro benzene ring substituents is 1. The monoisotopic (exact) mass is 396 g/mol. The molecule has 7 heteroatoms. The minimum atomic E-state index is -0.376. The van der Waals surface area contributed by atoms with Crippen LogP contribution in [-0.4, -0.2) is 19.7 Å². The Morgan fingerprint density at radius 2 is 1.86 bits per heavy atom. The quantitative estimate of drug-likeness (QED) is 0.283. The Bertz CT molecular complexity index is 938. The van der Waals surface area contributed by atoms with E-state index >= 15 is 0 Å².